The monoisotopic (exact) mass is 367 g/mol. The molecule has 0 bridgehead atoms. The lowest BCUT2D eigenvalue weighted by molar-refractivity contribution is -0.384. The van der Waals surface area contributed by atoms with Gasteiger partial charge in [0.2, 0.25) is 10.0 Å². The Labute approximate surface area is 133 Å². The van der Waals surface area contributed by atoms with Gasteiger partial charge in [0.1, 0.15) is 0 Å². The maximum absolute atomic E-state index is 12.0. The van der Waals surface area contributed by atoms with Crippen LogP contribution in [0, 0.1) is 10.1 Å². The molecule has 12 heteroatoms. The summed E-state index contributed by atoms with van der Waals surface area (Å²) in [4.78, 5) is 9.35. The SMILES string of the molecule is NCCCC(O)CS(=O)(=O)NS(=O)(=O)c1ccc([N+](=O)[O-])cc1. The van der Waals surface area contributed by atoms with Crippen molar-refractivity contribution in [1.82, 2.24) is 4.13 Å². The van der Waals surface area contributed by atoms with Crippen molar-refractivity contribution < 1.29 is 26.9 Å². The highest BCUT2D eigenvalue weighted by Crippen LogP contribution is 2.16. The zero-order chi connectivity index (χ0) is 17.7. The number of hydrogen-bond donors (Lipinski definition) is 3. The van der Waals surface area contributed by atoms with Crippen molar-refractivity contribution in [2.24, 2.45) is 5.73 Å². The van der Waals surface area contributed by atoms with E-state index in [2.05, 4.69) is 0 Å². The lowest BCUT2D eigenvalue weighted by Gasteiger charge is -2.12. The van der Waals surface area contributed by atoms with Crippen molar-refractivity contribution in [3.63, 3.8) is 0 Å². The molecular formula is C11H17N3O7S2. The third-order valence-electron chi connectivity index (χ3n) is 2.75. The van der Waals surface area contributed by atoms with Crippen molar-refractivity contribution in [3.8, 4) is 0 Å². The van der Waals surface area contributed by atoms with Crippen LogP contribution >= 0.6 is 0 Å². The van der Waals surface area contributed by atoms with Crippen molar-refractivity contribution >= 4 is 25.7 Å². The summed E-state index contributed by atoms with van der Waals surface area (Å²) in [6.45, 7) is 0.269. The Bertz CT molecular complexity index is 744. The van der Waals surface area contributed by atoms with E-state index in [0.29, 0.717) is 6.42 Å². The molecule has 1 atom stereocenters. The summed E-state index contributed by atoms with van der Waals surface area (Å²) in [7, 11) is -8.73. The first-order chi connectivity index (χ1) is 10.6. The van der Waals surface area contributed by atoms with Crippen LogP contribution in [-0.4, -0.2) is 45.3 Å². The predicted octanol–water partition coefficient (Wildman–Crippen LogP) is -0.697. The van der Waals surface area contributed by atoms with E-state index in [1.165, 1.54) is 4.13 Å². The standard InChI is InChI=1S/C11H17N3O7S2/c12-7-1-2-10(15)8-22(18,19)13-23(20,21)11-5-3-9(4-6-11)14(16)17/h3-6,10,13,15H,1-2,7-8,12H2. The molecule has 130 valence electrons. The molecule has 0 saturated heterocycles. The lowest BCUT2D eigenvalue weighted by Crippen LogP contribution is -2.36. The minimum atomic E-state index is -4.42. The van der Waals surface area contributed by atoms with Crippen LogP contribution in [-0.2, 0) is 20.0 Å². The number of sulfonamides is 2. The Kier molecular flexibility index (Phi) is 6.58. The molecule has 23 heavy (non-hydrogen) atoms. The Morgan fingerprint density at radius 3 is 2.26 bits per heavy atom. The van der Waals surface area contributed by atoms with Gasteiger partial charge in [0.25, 0.3) is 15.7 Å². The number of nitro benzene ring substituents is 1. The number of benzene rings is 1. The molecule has 0 heterocycles. The topological polar surface area (TPSA) is 170 Å². The third-order valence-corrected chi connectivity index (χ3v) is 6.36. The highest BCUT2D eigenvalue weighted by molar-refractivity contribution is 8.04. The summed E-state index contributed by atoms with van der Waals surface area (Å²) in [6.07, 6.45) is -0.732. The van der Waals surface area contributed by atoms with Crippen LogP contribution in [0.25, 0.3) is 0 Å². The average molecular weight is 367 g/mol. The number of hydrogen-bond acceptors (Lipinski definition) is 8. The molecule has 1 aromatic carbocycles. The molecule has 4 N–H and O–H groups in total. The van der Waals surface area contributed by atoms with E-state index in [-0.39, 0.29) is 18.7 Å². The van der Waals surface area contributed by atoms with Gasteiger partial charge in [-0.25, -0.2) is 16.8 Å². The number of nitrogens with two attached hydrogens (primary N) is 1. The Morgan fingerprint density at radius 2 is 1.78 bits per heavy atom. The summed E-state index contributed by atoms with van der Waals surface area (Å²) < 4.78 is 49.0. The lowest BCUT2D eigenvalue weighted by atomic mass is 10.2. The summed E-state index contributed by atoms with van der Waals surface area (Å²) in [6, 6.07) is 3.72. The van der Waals surface area contributed by atoms with Crippen LogP contribution in [0.5, 0.6) is 0 Å². The van der Waals surface area contributed by atoms with Gasteiger partial charge in [-0.05, 0) is 31.5 Å². The van der Waals surface area contributed by atoms with E-state index >= 15 is 0 Å². The van der Waals surface area contributed by atoms with E-state index in [9.17, 15) is 32.1 Å². The molecule has 0 saturated carbocycles. The first-order valence-electron chi connectivity index (χ1n) is 6.46. The van der Waals surface area contributed by atoms with Gasteiger partial charge in [-0.15, -0.1) is 4.13 Å². The molecule has 0 amide bonds. The smallest absolute Gasteiger partial charge is 0.269 e. The average Bonchev–Trinajstić information content (AvgIpc) is 2.43. The van der Waals surface area contributed by atoms with Crippen LogP contribution in [0.4, 0.5) is 5.69 Å². The zero-order valence-electron chi connectivity index (χ0n) is 12.0. The minimum Gasteiger partial charge on any atom is -0.392 e. The van der Waals surface area contributed by atoms with Gasteiger partial charge in [0.15, 0.2) is 0 Å². The quantitative estimate of drug-likeness (QED) is 0.380. The van der Waals surface area contributed by atoms with E-state index in [4.69, 9.17) is 5.73 Å². The highest BCUT2D eigenvalue weighted by Gasteiger charge is 2.25. The minimum absolute atomic E-state index is 0.120. The molecule has 0 aliphatic rings. The van der Waals surface area contributed by atoms with Crippen molar-refractivity contribution in [3.05, 3.63) is 34.4 Å². The number of aliphatic hydroxyl groups is 1. The van der Waals surface area contributed by atoms with Gasteiger partial charge in [-0.3, -0.25) is 10.1 Å². The molecule has 0 aromatic heterocycles. The summed E-state index contributed by atoms with van der Waals surface area (Å²) in [5.41, 5.74) is 4.90. The second-order valence-corrected chi connectivity index (χ2v) is 8.41. The molecule has 0 fully saturated rings. The Hall–Kier alpha value is -1.60. The maximum atomic E-state index is 12.0. The first kappa shape index (κ1) is 19.4. The Balaban J connectivity index is 2.86. The number of nitrogens with zero attached hydrogens (tertiary/aromatic N) is 1. The molecule has 0 radical (unpaired) electrons. The van der Waals surface area contributed by atoms with E-state index in [1.54, 1.807) is 0 Å². The van der Waals surface area contributed by atoms with E-state index < -0.39 is 41.7 Å². The summed E-state index contributed by atoms with van der Waals surface area (Å²) in [5.74, 6) is -0.792. The number of nitrogens with one attached hydrogen (secondary N) is 1. The number of aliphatic hydroxyl groups excluding tert-OH is 1. The molecule has 10 nitrogen and oxygen atoms in total. The van der Waals surface area contributed by atoms with Gasteiger partial charge in [-0.2, -0.15) is 0 Å². The van der Waals surface area contributed by atoms with Crippen molar-refractivity contribution in [2.75, 3.05) is 12.3 Å². The fourth-order valence-electron chi connectivity index (χ4n) is 1.69. The van der Waals surface area contributed by atoms with Crippen LogP contribution in [0.1, 0.15) is 12.8 Å². The second-order valence-electron chi connectivity index (χ2n) is 4.70. The number of non-ortho nitro benzene ring substituents is 1. The fraction of sp³-hybridized carbons (Fsp3) is 0.455. The van der Waals surface area contributed by atoms with Crippen molar-refractivity contribution in [1.29, 1.82) is 0 Å². The molecular weight excluding hydrogens is 350 g/mol. The zero-order valence-corrected chi connectivity index (χ0v) is 13.6. The van der Waals surface area contributed by atoms with Crippen molar-refractivity contribution in [2.45, 2.75) is 23.8 Å². The van der Waals surface area contributed by atoms with Crippen LogP contribution in [0.3, 0.4) is 0 Å². The largest absolute Gasteiger partial charge is 0.392 e. The van der Waals surface area contributed by atoms with Crippen LogP contribution in [0.15, 0.2) is 29.2 Å². The molecule has 0 aliphatic carbocycles. The first-order valence-corrected chi connectivity index (χ1v) is 9.60. The van der Waals surface area contributed by atoms with E-state index in [0.717, 1.165) is 24.3 Å². The molecule has 1 aromatic rings. The maximum Gasteiger partial charge on any atom is 0.269 e. The predicted molar refractivity (Wildman–Crippen MR) is 81.5 cm³/mol. The summed E-state index contributed by atoms with van der Waals surface area (Å²) in [5, 5.41) is 20.0. The van der Waals surface area contributed by atoms with Gasteiger partial charge >= 0.3 is 0 Å². The molecule has 1 rings (SSSR count). The van der Waals surface area contributed by atoms with Crippen LogP contribution in [0.2, 0.25) is 0 Å². The van der Waals surface area contributed by atoms with Gasteiger partial charge in [0.05, 0.1) is 21.7 Å². The third kappa shape index (κ3) is 6.19. The Morgan fingerprint density at radius 1 is 1.22 bits per heavy atom. The number of rotatable bonds is 9. The fourth-order valence-corrected chi connectivity index (χ4v) is 4.85. The van der Waals surface area contributed by atoms with Gasteiger partial charge in [0, 0.05) is 12.1 Å². The molecule has 1 unspecified atom stereocenters. The normalized spacial score (nSPS) is 13.7. The van der Waals surface area contributed by atoms with Crippen LogP contribution < -0.4 is 9.86 Å². The number of nitro groups is 1. The second kappa shape index (κ2) is 7.79. The van der Waals surface area contributed by atoms with Gasteiger partial charge in [-0.1, -0.05) is 0 Å². The highest BCUT2D eigenvalue weighted by atomic mass is 32.3. The molecule has 0 spiro atoms. The van der Waals surface area contributed by atoms with Gasteiger partial charge < -0.3 is 10.8 Å². The molecule has 0 aliphatic heterocycles. The van der Waals surface area contributed by atoms with E-state index in [1.807, 2.05) is 0 Å². The summed E-state index contributed by atoms with van der Waals surface area (Å²) >= 11 is 0.